The fourth-order valence-electron chi connectivity index (χ4n) is 4.49. The number of amides is 2. The maximum Gasteiger partial charge on any atom is 0.389 e. The molecule has 11 nitrogen and oxygen atoms in total. The van der Waals surface area contributed by atoms with Crippen molar-refractivity contribution in [1.29, 1.82) is 0 Å². The number of hydroxylamine groups is 1. The number of carbonyl (C=O) groups is 2. The highest BCUT2D eigenvalue weighted by Crippen LogP contribution is 2.38. The van der Waals surface area contributed by atoms with Gasteiger partial charge in [0.25, 0.3) is 11.8 Å². The van der Waals surface area contributed by atoms with Gasteiger partial charge in [-0.2, -0.15) is 13.2 Å². The lowest BCUT2D eigenvalue weighted by Crippen LogP contribution is -2.55. The summed E-state index contributed by atoms with van der Waals surface area (Å²) in [6.07, 6.45) is -7.23. The maximum absolute atomic E-state index is 14.0. The quantitative estimate of drug-likeness (QED) is 0.219. The third kappa shape index (κ3) is 6.57. The van der Waals surface area contributed by atoms with E-state index >= 15 is 0 Å². The number of benzene rings is 1. The molecule has 15 heteroatoms. The van der Waals surface area contributed by atoms with Crippen LogP contribution in [0.1, 0.15) is 58.9 Å². The monoisotopic (exact) mass is 637 g/mol. The molecule has 1 aromatic carbocycles. The molecular weight excluding hydrogens is 600 g/mol. The van der Waals surface area contributed by atoms with E-state index in [1.54, 1.807) is 0 Å². The summed E-state index contributed by atoms with van der Waals surface area (Å²) < 4.78 is 137. The van der Waals surface area contributed by atoms with Gasteiger partial charge in [0.15, 0.2) is 12.6 Å². The van der Waals surface area contributed by atoms with Crippen molar-refractivity contribution < 1.29 is 53.5 Å². The summed E-state index contributed by atoms with van der Waals surface area (Å²) in [5.74, 6) is -3.97. The van der Waals surface area contributed by atoms with E-state index in [2.05, 4.69) is 25.8 Å². The van der Waals surface area contributed by atoms with Crippen LogP contribution in [0.2, 0.25) is 0 Å². The molecule has 0 spiro atoms. The Morgan fingerprint density at radius 1 is 1.13 bits per heavy atom. The zero-order chi connectivity index (χ0) is 40.0. The molecular formula is C30H28F4N6O5. The number of carbonyl (C=O) groups excluding carboxylic acids is 2. The van der Waals surface area contributed by atoms with Crippen molar-refractivity contribution in [2.45, 2.75) is 44.4 Å². The Balaban J connectivity index is 1.76. The number of methoxy groups -OCH3 is 1. The van der Waals surface area contributed by atoms with E-state index in [-0.39, 0.29) is 44.8 Å². The van der Waals surface area contributed by atoms with E-state index < -0.39 is 80.5 Å². The minimum Gasteiger partial charge on any atom is -0.480 e. The van der Waals surface area contributed by atoms with Crippen LogP contribution in [0.5, 0.6) is 5.88 Å². The first kappa shape index (κ1) is 21.6. The van der Waals surface area contributed by atoms with Crippen molar-refractivity contribution in [3.05, 3.63) is 65.2 Å². The molecule has 4 heterocycles. The summed E-state index contributed by atoms with van der Waals surface area (Å²) in [5.41, 5.74) is -2.97. The molecule has 236 valence electrons. The van der Waals surface area contributed by atoms with Crippen molar-refractivity contribution in [2.24, 2.45) is 4.99 Å². The molecule has 0 bridgehead atoms. The molecule has 5 rings (SSSR count). The first-order chi connectivity index (χ1) is 25.0. The molecule has 0 fully saturated rings. The van der Waals surface area contributed by atoms with Crippen LogP contribution in [-0.4, -0.2) is 60.1 Å². The SMILES string of the molecule is [2H]C([2H])([2H])Oc1ncc(-c2cc3c(C(=O)NC)c(-c4ccc(F)cc4)oc3nc2CCC(F)(F)F)cc1C(=O)NC(C1N=CON1)(C([2H])([2H])[2H])C([2H])([2H])[2H]. The van der Waals surface area contributed by atoms with Crippen LogP contribution in [0.25, 0.3) is 33.6 Å². The third-order valence-electron chi connectivity index (χ3n) is 6.63. The number of ether oxygens (including phenoxy) is 1. The molecule has 3 aromatic heterocycles. The molecule has 4 aromatic rings. The van der Waals surface area contributed by atoms with Crippen molar-refractivity contribution in [3.8, 4) is 28.3 Å². The smallest absolute Gasteiger partial charge is 0.389 e. The summed E-state index contributed by atoms with van der Waals surface area (Å²) in [6, 6.07) is 6.83. The van der Waals surface area contributed by atoms with Gasteiger partial charge >= 0.3 is 6.18 Å². The average molecular weight is 638 g/mol. The lowest BCUT2D eigenvalue weighted by Gasteiger charge is -2.29. The number of hydrogen-bond donors (Lipinski definition) is 3. The van der Waals surface area contributed by atoms with E-state index in [4.69, 9.17) is 26.3 Å². The Morgan fingerprint density at radius 3 is 2.56 bits per heavy atom. The first-order valence-corrected chi connectivity index (χ1v) is 12.9. The van der Waals surface area contributed by atoms with Crippen molar-refractivity contribution in [2.75, 3.05) is 14.1 Å². The minimum absolute atomic E-state index is 0.0535. The van der Waals surface area contributed by atoms with Gasteiger partial charge in [0.1, 0.15) is 17.1 Å². The van der Waals surface area contributed by atoms with E-state index in [0.717, 1.165) is 24.4 Å². The normalized spacial score (nSPS) is 18.6. The number of hydrogen-bond acceptors (Lipinski definition) is 9. The first-order valence-electron chi connectivity index (χ1n) is 17.4. The number of aromatic nitrogens is 2. The number of aryl methyl sites for hydroxylation is 1. The van der Waals surface area contributed by atoms with Gasteiger partial charge < -0.3 is 24.6 Å². The van der Waals surface area contributed by atoms with Gasteiger partial charge in [0, 0.05) is 44.6 Å². The standard InChI is InChI=1S/C30H28F4N6O5/c1-29(2,28-37-14-44-40-28)39-24(41)20-11-16(13-36-26(20)43-4)18-12-19-22(25(42)35-3)23(15-5-7-17(31)8-6-15)45-27(19)38-21(18)9-10-30(32,33)34/h5-8,11-14,28,40H,9-10H2,1-4H3,(H,35,42)(H,39,41)/i1D3,2D3,4D3. The van der Waals surface area contributed by atoms with Crippen LogP contribution in [0.15, 0.2) is 52.0 Å². The predicted molar refractivity (Wildman–Crippen MR) is 155 cm³/mol. The van der Waals surface area contributed by atoms with Crippen molar-refractivity contribution >= 4 is 29.3 Å². The van der Waals surface area contributed by atoms with Crippen LogP contribution in [-0.2, 0) is 11.3 Å². The summed E-state index contributed by atoms with van der Waals surface area (Å²) in [7, 11) is -1.98. The summed E-state index contributed by atoms with van der Waals surface area (Å²) in [5, 5.41) is 4.31. The van der Waals surface area contributed by atoms with Crippen molar-refractivity contribution in [1.82, 2.24) is 26.1 Å². The fourth-order valence-corrected chi connectivity index (χ4v) is 4.49. The Morgan fingerprint density at radius 2 is 1.91 bits per heavy atom. The highest BCUT2D eigenvalue weighted by atomic mass is 19.4. The molecule has 2 amide bonds. The molecule has 1 unspecified atom stereocenters. The number of pyridine rings is 2. The maximum atomic E-state index is 14.0. The highest BCUT2D eigenvalue weighted by molar-refractivity contribution is 6.11. The largest absolute Gasteiger partial charge is 0.480 e. The fraction of sp³-hybridized carbons (Fsp3) is 0.300. The summed E-state index contributed by atoms with van der Waals surface area (Å²) in [4.78, 5) is 43.8. The van der Waals surface area contributed by atoms with E-state index in [0.29, 0.717) is 6.40 Å². The summed E-state index contributed by atoms with van der Waals surface area (Å²) >= 11 is 0. The van der Waals surface area contributed by atoms with Crippen LogP contribution in [0.4, 0.5) is 17.6 Å². The van der Waals surface area contributed by atoms with Crippen LogP contribution in [0.3, 0.4) is 0 Å². The van der Waals surface area contributed by atoms with Crippen LogP contribution in [0, 0.1) is 5.82 Å². The average Bonchev–Trinajstić information content (AvgIpc) is 3.72. The lowest BCUT2D eigenvalue weighted by molar-refractivity contribution is -0.134. The number of alkyl halides is 3. The Hall–Kier alpha value is -5.05. The van der Waals surface area contributed by atoms with Gasteiger partial charge in [-0.15, -0.1) is 5.48 Å². The molecule has 0 saturated carbocycles. The third-order valence-corrected chi connectivity index (χ3v) is 6.63. The molecule has 3 N–H and O–H groups in total. The molecule has 0 radical (unpaired) electrons. The van der Waals surface area contributed by atoms with Gasteiger partial charge in [0.2, 0.25) is 11.6 Å². The second kappa shape index (κ2) is 12.1. The van der Waals surface area contributed by atoms with Crippen LogP contribution >= 0.6 is 0 Å². The number of aliphatic imine (C=N–C) groups is 1. The molecule has 1 atom stereocenters. The van der Waals surface area contributed by atoms with E-state index in [1.165, 1.54) is 25.2 Å². The van der Waals surface area contributed by atoms with E-state index in [1.807, 2.05) is 5.32 Å². The number of fused-ring (bicyclic) bond motifs is 1. The number of rotatable bonds is 9. The van der Waals surface area contributed by atoms with Crippen LogP contribution < -0.4 is 20.9 Å². The number of nitrogens with one attached hydrogen (secondary N) is 3. The molecule has 0 saturated heterocycles. The lowest BCUT2D eigenvalue weighted by atomic mass is 9.97. The Labute approximate surface area is 266 Å². The van der Waals surface area contributed by atoms with Gasteiger partial charge in [-0.25, -0.2) is 19.4 Å². The van der Waals surface area contributed by atoms with Gasteiger partial charge in [0.05, 0.1) is 33.3 Å². The van der Waals surface area contributed by atoms with Gasteiger partial charge in [-0.3, -0.25) is 9.59 Å². The van der Waals surface area contributed by atoms with E-state index in [9.17, 15) is 27.2 Å². The Bertz CT molecular complexity index is 2090. The zero-order valence-electron chi connectivity index (χ0n) is 32.0. The topological polar surface area (TPSA) is 140 Å². The second-order valence-corrected chi connectivity index (χ2v) is 9.68. The number of furan rings is 1. The molecule has 1 aliphatic rings. The van der Waals surface area contributed by atoms with Gasteiger partial charge in [-0.1, -0.05) is 0 Å². The predicted octanol–water partition coefficient (Wildman–Crippen LogP) is 4.96. The Kier molecular flexibility index (Phi) is 5.84. The van der Waals surface area contributed by atoms with Gasteiger partial charge in [-0.05, 0) is 56.5 Å². The number of halogens is 4. The summed E-state index contributed by atoms with van der Waals surface area (Å²) in [6.45, 7) is -7.10. The zero-order valence-corrected chi connectivity index (χ0v) is 23.0. The molecule has 0 aliphatic carbocycles. The second-order valence-electron chi connectivity index (χ2n) is 9.68. The highest BCUT2D eigenvalue weighted by Gasteiger charge is 2.35. The van der Waals surface area contributed by atoms with Crippen molar-refractivity contribution in [3.63, 3.8) is 0 Å². The number of nitrogens with zero attached hydrogens (tertiary/aromatic N) is 3. The molecule has 45 heavy (non-hydrogen) atoms. The minimum atomic E-state index is -4.70. The molecule has 1 aliphatic heterocycles.